The summed E-state index contributed by atoms with van der Waals surface area (Å²) in [5.41, 5.74) is 1.48. The van der Waals surface area contributed by atoms with Gasteiger partial charge in [-0.3, -0.25) is 19.1 Å². The molecule has 0 aliphatic rings. The molecule has 1 amide bonds. The van der Waals surface area contributed by atoms with E-state index in [1.54, 1.807) is 25.1 Å². The number of carbonyl (C=O) groups is 1. The monoisotopic (exact) mass is 375 g/mol. The number of hydrogen-bond donors (Lipinski definition) is 2. The molecular weight excluding hydrogens is 358 g/mol. The molecule has 8 nitrogen and oxygen atoms in total. The van der Waals surface area contributed by atoms with Crippen LogP contribution in [-0.2, 0) is 4.79 Å². The molecule has 2 heterocycles. The Morgan fingerprint density at radius 1 is 1.07 bits per heavy atom. The number of nitrogens with zero attached hydrogens (tertiary/aromatic N) is 3. The van der Waals surface area contributed by atoms with Crippen molar-refractivity contribution in [1.29, 1.82) is 0 Å². The molecule has 2 N–H and O–H groups in total. The predicted octanol–water partition coefficient (Wildman–Crippen LogP) is 2.20. The molecule has 0 saturated heterocycles. The first-order valence-electron chi connectivity index (χ1n) is 8.73. The van der Waals surface area contributed by atoms with E-state index in [9.17, 15) is 14.4 Å². The minimum absolute atomic E-state index is 0.0853. The number of carbonyl (C=O) groups excluding carboxylic acids is 1. The second-order valence-corrected chi connectivity index (χ2v) is 6.50. The third-order valence-corrected chi connectivity index (χ3v) is 4.52. The van der Waals surface area contributed by atoms with Gasteiger partial charge in [0.05, 0.1) is 17.1 Å². The van der Waals surface area contributed by atoms with E-state index in [4.69, 9.17) is 0 Å². The first kappa shape index (κ1) is 17.6. The van der Waals surface area contributed by atoms with Crippen molar-refractivity contribution in [3.8, 4) is 0 Å². The van der Waals surface area contributed by atoms with Crippen LogP contribution in [0, 0.1) is 0 Å². The minimum atomic E-state index is -0.555. The molecule has 0 aliphatic carbocycles. The maximum absolute atomic E-state index is 13.0. The van der Waals surface area contributed by atoms with Gasteiger partial charge in [-0.1, -0.05) is 30.3 Å². The zero-order valence-electron chi connectivity index (χ0n) is 15.3. The summed E-state index contributed by atoms with van der Waals surface area (Å²) in [5.74, 6) is -0.209. The van der Waals surface area contributed by atoms with Crippen molar-refractivity contribution >= 4 is 33.8 Å². The van der Waals surface area contributed by atoms with Crippen molar-refractivity contribution in [1.82, 2.24) is 19.5 Å². The smallest absolute Gasteiger partial charge is 0.326 e. The van der Waals surface area contributed by atoms with Gasteiger partial charge < -0.3 is 5.32 Å². The van der Waals surface area contributed by atoms with Gasteiger partial charge in [0.1, 0.15) is 0 Å². The first-order chi connectivity index (χ1) is 13.4. The summed E-state index contributed by atoms with van der Waals surface area (Å²) in [4.78, 5) is 48.2. The van der Waals surface area contributed by atoms with Gasteiger partial charge >= 0.3 is 5.69 Å². The molecule has 8 heteroatoms. The van der Waals surface area contributed by atoms with E-state index in [2.05, 4.69) is 20.3 Å². The maximum atomic E-state index is 13.0. The van der Waals surface area contributed by atoms with Crippen molar-refractivity contribution in [3.63, 3.8) is 0 Å². The second kappa shape index (κ2) is 6.73. The Hall–Kier alpha value is -3.81. The summed E-state index contributed by atoms with van der Waals surface area (Å²) in [6.45, 7) is 3.19. The number of nitrogens with one attached hydrogen (secondary N) is 2. The van der Waals surface area contributed by atoms with Crippen LogP contribution in [0.3, 0.4) is 0 Å². The normalized spacial score (nSPS) is 12.2. The number of fused-ring (bicyclic) bond motifs is 2. The topological polar surface area (TPSA) is 110 Å². The fraction of sp³-hybridized carbons (Fsp3) is 0.150. The van der Waals surface area contributed by atoms with Crippen molar-refractivity contribution in [2.75, 3.05) is 5.32 Å². The van der Waals surface area contributed by atoms with Gasteiger partial charge in [0.25, 0.3) is 5.56 Å². The fourth-order valence-electron chi connectivity index (χ4n) is 3.17. The zero-order chi connectivity index (χ0) is 19.8. The van der Waals surface area contributed by atoms with Gasteiger partial charge in [-0.25, -0.2) is 14.8 Å². The van der Waals surface area contributed by atoms with Crippen molar-refractivity contribution in [2.24, 2.45) is 0 Å². The lowest BCUT2D eigenvalue weighted by Gasteiger charge is -2.14. The van der Waals surface area contributed by atoms with Gasteiger partial charge in [-0.05, 0) is 30.7 Å². The number of aromatic nitrogens is 4. The first-order valence-corrected chi connectivity index (χ1v) is 8.73. The summed E-state index contributed by atoms with van der Waals surface area (Å²) >= 11 is 0. The Morgan fingerprint density at radius 3 is 2.54 bits per heavy atom. The number of anilines is 1. The van der Waals surface area contributed by atoms with Crippen LogP contribution >= 0.6 is 0 Å². The standard InChI is InChI=1S/C20H17N5O3/c1-11(13-6-4-3-5-7-13)25-19(27)17-18(24-20(25)28)23-16-10-14(21-12(2)26)8-9-15(16)22-17/h3-11H,1-2H3,(H,21,26)(H,23,24,28)/t11-/m1/s1. The fourth-order valence-corrected chi connectivity index (χ4v) is 3.17. The highest BCUT2D eigenvalue weighted by molar-refractivity contribution is 5.92. The van der Waals surface area contributed by atoms with Gasteiger partial charge in [-0.15, -0.1) is 0 Å². The summed E-state index contributed by atoms with van der Waals surface area (Å²) in [6.07, 6.45) is 0. The van der Waals surface area contributed by atoms with Gasteiger partial charge in [0.2, 0.25) is 5.91 Å². The third-order valence-electron chi connectivity index (χ3n) is 4.52. The highest BCUT2D eigenvalue weighted by Gasteiger charge is 2.17. The summed E-state index contributed by atoms with van der Waals surface area (Å²) in [7, 11) is 0. The minimum Gasteiger partial charge on any atom is -0.326 e. The number of aromatic amines is 1. The molecule has 0 radical (unpaired) electrons. The Balaban J connectivity index is 1.91. The van der Waals surface area contributed by atoms with E-state index < -0.39 is 17.3 Å². The van der Waals surface area contributed by atoms with Crippen LogP contribution < -0.4 is 16.6 Å². The van der Waals surface area contributed by atoms with E-state index in [1.807, 2.05) is 30.3 Å². The molecule has 2 aromatic carbocycles. The van der Waals surface area contributed by atoms with Crippen LogP contribution in [0.15, 0.2) is 58.1 Å². The molecule has 0 bridgehead atoms. The Morgan fingerprint density at radius 2 is 1.82 bits per heavy atom. The summed E-state index contributed by atoms with van der Waals surface area (Å²) < 4.78 is 1.14. The molecule has 0 saturated carbocycles. The molecular formula is C20H17N5O3. The number of hydrogen-bond acceptors (Lipinski definition) is 5. The summed E-state index contributed by atoms with van der Waals surface area (Å²) in [5, 5.41) is 2.67. The Kier molecular flexibility index (Phi) is 4.23. The van der Waals surface area contributed by atoms with Gasteiger partial charge in [-0.2, -0.15) is 0 Å². The number of amides is 1. The number of benzene rings is 2. The molecule has 0 spiro atoms. The maximum Gasteiger partial charge on any atom is 0.330 e. The molecule has 28 heavy (non-hydrogen) atoms. The van der Waals surface area contributed by atoms with E-state index in [0.717, 1.165) is 10.1 Å². The van der Waals surface area contributed by atoms with Gasteiger partial charge in [0.15, 0.2) is 11.2 Å². The lowest BCUT2D eigenvalue weighted by Crippen LogP contribution is -2.38. The van der Waals surface area contributed by atoms with Crippen LogP contribution in [0.4, 0.5) is 5.69 Å². The third kappa shape index (κ3) is 3.05. The zero-order valence-corrected chi connectivity index (χ0v) is 15.3. The van der Waals surface area contributed by atoms with E-state index in [1.165, 1.54) is 6.92 Å². The predicted molar refractivity (Wildman–Crippen MR) is 106 cm³/mol. The summed E-state index contributed by atoms with van der Waals surface area (Å²) in [6, 6.07) is 13.8. The van der Waals surface area contributed by atoms with E-state index >= 15 is 0 Å². The number of H-pyrrole nitrogens is 1. The molecule has 0 aliphatic heterocycles. The molecule has 0 unspecified atom stereocenters. The van der Waals surface area contributed by atoms with Crippen LogP contribution in [0.2, 0.25) is 0 Å². The van der Waals surface area contributed by atoms with Crippen LogP contribution in [0.5, 0.6) is 0 Å². The van der Waals surface area contributed by atoms with Crippen molar-refractivity contribution in [2.45, 2.75) is 19.9 Å². The van der Waals surface area contributed by atoms with Crippen LogP contribution in [-0.4, -0.2) is 25.4 Å². The van der Waals surface area contributed by atoms with Crippen LogP contribution in [0.1, 0.15) is 25.5 Å². The van der Waals surface area contributed by atoms with Crippen molar-refractivity contribution < 1.29 is 4.79 Å². The quantitative estimate of drug-likeness (QED) is 0.534. The molecule has 4 rings (SSSR count). The van der Waals surface area contributed by atoms with Crippen LogP contribution in [0.25, 0.3) is 22.2 Å². The lowest BCUT2D eigenvalue weighted by atomic mass is 10.1. The average Bonchev–Trinajstić information content (AvgIpc) is 2.67. The van der Waals surface area contributed by atoms with Gasteiger partial charge in [0, 0.05) is 12.6 Å². The second-order valence-electron chi connectivity index (χ2n) is 6.50. The molecule has 4 aromatic rings. The largest absolute Gasteiger partial charge is 0.330 e. The average molecular weight is 375 g/mol. The van der Waals surface area contributed by atoms with E-state index in [-0.39, 0.29) is 17.1 Å². The van der Waals surface area contributed by atoms with Crippen molar-refractivity contribution in [3.05, 3.63) is 74.9 Å². The number of rotatable bonds is 3. The van der Waals surface area contributed by atoms with E-state index in [0.29, 0.717) is 16.7 Å². The molecule has 2 aromatic heterocycles. The lowest BCUT2D eigenvalue weighted by molar-refractivity contribution is -0.114. The highest BCUT2D eigenvalue weighted by Crippen LogP contribution is 2.18. The molecule has 140 valence electrons. The highest BCUT2D eigenvalue weighted by atomic mass is 16.2. The molecule has 1 atom stereocenters. The molecule has 0 fully saturated rings. The SMILES string of the molecule is CC(=O)Nc1ccc2nc3c(=O)n([C@H](C)c4ccccc4)c(=O)[nH]c3nc2c1. The Bertz CT molecular complexity index is 1330. The Labute approximate surface area is 158 Å².